The second-order valence-electron chi connectivity index (χ2n) is 9.97. The Balaban J connectivity index is 1.53. The van der Waals surface area contributed by atoms with Gasteiger partial charge in [-0.2, -0.15) is 0 Å². The molecule has 0 aliphatic rings. The summed E-state index contributed by atoms with van der Waals surface area (Å²) in [6, 6.07) is 21.5. The molecule has 3 amide bonds. The summed E-state index contributed by atoms with van der Waals surface area (Å²) in [4.78, 5) is 29.8. The van der Waals surface area contributed by atoms with Gasteiger partial charge in [-0.25, -0.2) is 4.79 Å². The third-order valence-electron chi connectivity index (χ3n) is 6.80. The van der Waals surface area contributed by atoms with Gasteiger partial charge in [-0.1, -0.05) is 44.9 Å². The van der Waals surface area contributed by atoms with Gasteiger partial charge in [0.15, 0.2) is 0 Å². The van der Waals surface area contributed by atoms with Crippen molar-refractivity contribution < 1.29 is 19.1 Å². The topological polar surface area (TPSA) is 83.1 Å². The van der Waals surface area contributed by atoms with E-state index in [9.17, 15) is 9.59 Å². The van der Waals surface area contributed by atoms with Crippen LogP contribution in [0.1, 0.15) is 56.3 Å². The first-order valence-electron chi connectivity index (χ1n) is 14.5. The van der Waals surface area contributed by atoms with E-state index in [0.717, 1.165) is 31.8 Å². The number of methoxy groups -OCH3 is 1. The van der Waals surface area contributed by atoms with Crippen molar-refractivity contribution >= 4 is 23.3 Å². The molecule has 0 fully saturated rings. The van der Waals surface area contributed by atoms with Crippen LogP contribution in [0.2, 0.25) is 0 Å². The minimum Gasteiger partial charge on any atom is -0.496 e. The highest BCUT2D eigenvalue weighted by atomic mass is 16.5. The van der Waals surface area contributed by atoms with Crippen molar-refractivity contribution in [2.45, 2.75) is 46.0 Å². The normalized spacial score (nSPS) is 10.8. The molecule has 2 N–H and O–H groups in total. The SMILES string of the molecule is CCCCN(CCCC)CCCNC(=O)c1ccc(N(C)C(=O)Nc2ccc(Oc3ccccc3)cc2)cc1OC. The smallest absolute Gasteiger partial charge is 0.326 e. The number of hydrogen-bond donors (Lipinski definition) is 2. The highest BCUT2D eigenvalue weighted by Crippen LogP contribution is 2.27. The van der Waals surface area contributed by atoms with Crippen molar-refractivity contribution in [1.29, 1.82) is 0 Å². The Hall–Kier alpha value is -4.04. The summed E-state index contributed by atoms with van der Waals surface area (Å²) < 4.78 is 11.3. The van der Waals surface area contributed by atoms with E-state index in [0.29, 0.717) is 35.0 Å². The van der Waals surface area contributed by atoms with Gasteiger partial charge >= 0.3 is 6.03 Å². The van der Waals surface area contributed by atoms with Crippen molar-refractivity contribution in [2.24, 2.45) is 0 Å². The Morgan fingerprint density at radius 3 is 2.07 bits per heavy atom. The van der Waals surface area contributed by atoms with Crippen molar-refractivity contribution in [3.05, 3.63) is 78.4 Å². The van der Waals surface area contributed by atoms with Crippen molar-refractivity contribution in [2.75, 3.05) is 50.6 Å². The molecule has 0 radical (unpaired) electrons. The van der Waals surface area contributed by atoms with E-state index in [2.05, 4.69) is 29.4 Å². The molecule has 0 aliphatic heterocycles. The summed E-state index contributed by atoms with van der Waals surface area (Å²) in [6.45, 7) is 8.20. The van der Waals surface area contributed by atoms with E-state index in [1.165, 1.54) is 37.7 Å². The standard InChI is InChI=1S/C33H44N4O4/c1-5-7-22-37(23-8-6-2)24-12-21-34-32(38)30-20-17-27(25-31(30)40-4)36(3)33(39)35-26-15-18-29(19-16-26)41-28-13-10-9-11-14-28/h9-11,13-20,25H,5-8,12,21-24H2,1-4H3,(H,34,38)(H,35,39). The molecular formula is C33H44N4O4. The molecule has 0 saturated carbocycles. The Morgan fingerprint density at radius 1 is 0.805 bits per heavy atom. The van der Waals surface area contributed by atoms with Gasteiger partial charge in [0.1, 0.15) is 17.2 Å². The van der Waals surface area contributed by atoms with Crippen LogP contribution in [-0.4, -0.2) is 57.2 Å². The highest BCUT2D eigenvalue weighted by Gasteiger charge is 2.17. The molecule has 8 heteroatoms. The first kappa shape index (κ1) is 31.5. The zero-order chi connectivity index (χ0) is 29.5. The molecule has 0 atom stereocenters. The summed E-state index contributed by atoms with van der Waals surface area (Å²) in [5.41, 5.74) is 1.67. The first-order chi connectivity index (χ1) is 19.9. The van der Waals surface area contributed by atoms with Crippen molar-refractivity contribution in [1.82, 2.24) is 10.2 Å². The van der Waals surface area contributed by atoms with Gasteiger partial charge < -0.3 is 25.0 Å². The van der Waals surface area contributed by atoms with Crippen molar-refractivity contribution in [3.8, 4) is 17.2 Å². The Kier molecular flexibility index (Phi) is 13.0. The lowest BCUT2D eigenvalue weighted by Gasteiger charge is -2.22. The minimum absolute atomic E-state index is 0.188. The average Bonchev–Trinajstić information content (AvgIpc) is 3.00. The van der Waals surface area contributed by atoms with Gasteiger partial charge in [-0.3, -0.25) is 9.69 Å². The van der Waals surface area contributed by atoms with Crippen LogP contribution in [0.3, 0.4) is 0 Å². The maximum Gasteiger partial charge on any atom is 0.326 e. The quantitative estimate of drug-likeness (QED) is 0.181. The van der Waals surface area contributed by atoms with E-state index in [1.54, 1.807) is 49.5 Å². The van der Waals surface area contributed by atoms with E-state index in [4.69, 9.17) is 9.47 Å². The molecule has 0 heterocycles. The van der Waals surface area contributed by atoms with Gasteiger partial charge in [-0.05, 0) is 87.4 Å². The summed E-state index contributed by atoms with van der Waals surface area (Å²) in [5, 5.41) is 5.90. The second kappa shape index (κ2) is 16.9. The molecular weight excluding hydrogens is 516 g/mol. The number of amides is 3. The Morgan fingerprint density at radius 2 is 1.44 bits per heavy atom. The maximum absolute atomic E-state index is 12.9. The first-order valence-corrected chi connectivity index (χ1v) is 14.5. The second-order valence-corrected chi connectivity index (χ2v) is 9.97. The number of anilines is 2. The zero-order valence-corrected chi connectivity index (χ0v) is 24.8. The summed E-state index contributed by atoms with van der Waals surface area (Å²) >= 11 is 0. The summed E-state index contributed by atoms with van der Waals surface area (Å²) in [6.07, 6.45) is 5.65. The zero-order valence-electron chi connectivity index (χ0n) is 24.8. The predicted molar refractivity (Wildman–Crippen MR) is 167 cm³/mol. The maximum atomic E-state index is 12.9. The lowest BCUT2D eigenvalue weighted by Crippen LogP contribution is -2.32. The lowest BCUT2D eigenvalue weighted by atomic mass is 10.1. The monoisotopic (exact) mass is 560 g/mol. The number of carbonyl (C=O) groups excluding carboxylic acids is 2. The van der Waals surface area contributed by atoms with Crippen LogP contribution in [0.25, 0.3) is 0 Å². The number of unbranched alkanes of at least 4 members (excludes halogenated alkanes) is 2. The molecule has 3 aromatic rings. The molecule has 3 aromatic carbocycles. The molecule has 41 heavy (non-hydrogen) atoms. The average molecular weight is 561 g/mol. The van der Waals surface area contributed by atoms with Crippen LogP contribution < -0.4 is 25.0 Å². The fourth-order valence-electron chi connectivity index (χ4n) is 4.33. The number of para-hydroxylation sites is 1. The van der Waals surface area contributed by atoms with Gasteiger partial charge in [-0.15, -0.1) is 0 Å². The minimum atomic E-state index is -0.323. The van der Waals surface area contributed by atoms with E-state index >= 15 is 0 Å². The van der Waals surface area contributed by atoms with Gasteiger partial charge in [0.25, 0.3) is 5.91 Å². The largest absolute Gasteiger partial charge is 0.496 e. The number of nitrogens with one attached hydrogen (secondary N) is 2. The number of nitrogens with zero attached hydrogens (tertiary/aromatic N) is 2. The third-order valence-corrected chi connectivity index (χ3v) is 6.80. The van der Waals surface area contributed by atoms with Crippen LogP contribution in [-0.2, 0) is 0 Å². The van der Waals surface area contributed by atoms with Crippen molar-refractivity contribution in [3.63, 3.8) is 0 Å². The summed E-state index contributed by atoms with van der Waals surface area (Å²) in [5.74, 6) is 1.64. The Bertz CT molecular complexity index is 1210. The van der Waals surface area contributed by atoms with E-state index in [-0.39, 0.29) is 11.9 Å². The fourth-order valence-corrected chi connectivity index (χ4v) is 4.33. The number of hydrogen-bond acceptors (Lipinski definition) is 5. The molecule has 0 bridgehead atoms. The molecule has 220 valence electrons. The van der Waals surface area contributed by atoms with Crippen LogP contribution in [0, 0.1) is 0 Å². The molecule has 0 aliphatic carbocycles. The fraction of sp³-hybridized carbons (Fsp3) is 0.394. The van der Waals surface area contributed by atoms with Crippen LogP contribution in [0.4, 0.5) is 16.2 Å². The molecule has 0 saturated heterocycles. The molecule has 0 spiro atoms. The van der Waals surface area contributed by atoms with E-state index < -0.39 is 0 Å². The number of rotatable bonds is 16. The predicted octanol–water partition coefficient (Wildman–Crippen LogP) is 7.18. The highest BCUT2D eigenvalue weighted by molar-refractivity contribution is 6.02. The summed E-state index contributed by atoms with van der Waals surface area (Å²) in [7, 11) is 3.19. The van der Waals surface area contributed by atoms with Crippen LogP contribution in [0.15, 0.2) is 72.8 Å². The molecule has 8 nitrogen and oxygen atoms in total. The number of urea groups is 1. The van der Waals surface area contributed by atoms with Gasteiger partial charge in [0.05, 0.1) is 12.7 Å². The van der Waals surface area contributed by atoms with Gasteiger partial charge in [0.2, 0.25) is 0 Å². The third kappa shape index (κ3) is 10.1. The molecule has 3 rings (SSSR count). The van der Waals surface area contributed by atoms with Crippen LogP contribution in [0.5, 0.6) is 17.2 Å². The number of benzene rings is 3. The lowest BCUT2D eigenvalue weighted by molar-refractivity contribution is 0.0948. The Labute approximate surface area is 244 Å². The number of ether oxygens (including phenoxy) is 2. The van der Waals surface area contributed by atoms with Gasteiger partial charge in [0, 0.05) is 31.0 Å². The van der Waals surface area contributed by atoms with E-state index in [1.807, 2.05) is 30.3 Å². The number of carbonyl (C=O) groups is 2. The van der Waals surface area contributed by atoms with Crippen LogP contribution >= 0.6 is 0 Å². The molecule has 0 aromatic heterocycles. The molecule has 0 unspecified atom stereocenters.